The highest BCUT2D eigenvalue weighted by Gasteiger charge is 2.32. The summed E-state index contributed by atoms with van der Waals surface area (Å²) in [6.07, 6.45) is 2.05. The zero-order valence-corrected chi connectivity index (χ0v) is 10.6. The second-order valence-corrected chi connectivity index (χ2v) is 5.42. The molecule has 0 aromatic rings. The molecule has 90 valence electrons. The fourth-order valence-corrected chi connectivity index (χ4v) is 2.41. The first kappa shape index (κ1) is 12.9. The van der Waals surface area contributed by atoms with Crippen molar-refractivity contribution in [1.82, 2.24) is 10.2 Å². The van der Waals surface area contributed by atoms with Gasteiger partial charge in [0, 0.05) is 37.3 Å². The third-order valence-electron chi connectivity index (χ3n) is 3.34. The second kappa shape index (κ2) is 5.28. The molecule has 1 aliphatic rings. The number of aliphatic hydroxyl groups excluding tert-OH is 1. The van der Waals surface area contributed by atoms with Crippen molar-refractivity contribution in [2.75, 3.05) is 19.7 Å². The molecule has 0 aliphatic carbocycles. The van der Waals surface area contributed by atoms with Gasteiger partial charge in [0.2, 0.25) is 0 Å². The average Bonchev–Trinajstić information content (AvgIpc) is 2.14. The Bertz CT molecular complexity index is 194. The van der Waals surface area contributed by atoms with Crippen molar-refractivity contribution in [3.05, 3.63) is 0 Å². The Morgan fingerprint density at radius 1 is 1.53 bits per heavy atom. The van der Waals surface area contributed by atoms with E-state index in [2.05, 4.69) is 37.9 Å². The molecule has 2 N–H and O–H groups in total. The number of nitrogens with one attached hydrogen (secondary N) is 1. The van der Waals surface area contributed by atoms with E-state index in [1.165, 1.54) is 6.42 Å². The van der Waals surface area contributed by atoms with Gasteiger partial charge in [0.25, 0.3) is 0 Å². The van der Waals surface area contributed by atoms with Crippen molar-refractivity contribution in [3.8, 4) is 0 Å². The molecule has 1 fully saturated rings. The molecule has 0 aromatic heterocycles. The maximum absolute atomic E-state index is 9.01. The minimum absolute atomic E-state index is 0.168. The number of nitrogens with zero attached hydrogens (tertiary/aromatic N) is 1. The number of hydrogen-bond donors (Lipinski definition) is 2. The van der Waals surface area contributed by atoms with Gasteiger partial charge in [-0.3, -0.25) is 4.90 Å². The van der Waals surface area contributed by atoms with E-state index < -0.39 is 0 Å². The summed E-state index contributed by atoms with van der Waals surface area (Å²) in [4.78, 5) is 2.54. The van der Waals surface area contributed by atoms with Gasteiger partial charge in [-0.2, -0.15) is 0 Å². The summed E-state index contributed by atoms with van der Waals surface area (Å²) in [6, 6.07) is 1.08. The average molecular weight is 214 g/mol. The predicted octanol–water partition coefficient (Wildman–Crippen LogP) is 1.22. The van der Waals surface area contributed by atoms with Gasteiger partial charge in [-0.15, -0.1) is 0 Å². The van der Waals surface area contributed by atoms with E-state index in [0.717, 1.165) is 19.5 Å². The van der Waals surface area contributed by atoms with Crippen LogP contribution in [0.25, 0.3) is 0 Å². The lowest BCUT2D eigenvalue weighted by Gasteiger charge is -2.46. The van der Waals surface area contributed by atoms with Gasteiger partial charge < -0.3 is 10.4 Å². The van der Waals surface area contributed by atoms with E-state index >= 15 is 0 Å². The van der Waals surface area contributed by atoms with Gasteiger partial charge in [-0.25, -0.2) is 0 Å². The number of hydrogen-bond acceptors (Lipinski definition) is 3. The van der Waals surface area contributed by atoms with E-state index in [4.69, 9.17) is 5.11 Å². The molecule has 1 aliphatic heterocycles. The first-order valence-electron chi connectivity index (χ1n) is 6.11. The summed E-state index contributed by atoms with van der Waals surface area (Å²) in [6.45, 7) is 11.5. The Morgan fingerprint density at radius 3 is 2.73 bits per heavy atom. The zero-order chi connectivity index (χ0) is 11.5. The van der Waals surface area contributed by atoms with E-state index in [9.17, 15) is 0 Å². The SMILES string of the molecule is CCC(C)N1CC(CCO)NC(C)(C)C1. The van der Waals surface area contributed by atoms with Crippen molar-refractivity contribution in [3.63, 3.8) is 0 Å². The maximum Gasteiger partial charge on any atom is 0.0446 e. The normalized spacial score (nSPS) is 29.0. The summed E-state index contributed by atoms with van der Waals surface area (Å²) in [5.41, 5.74) is 0.168. The molecule has 0 aromatic carbocycles. The monoisotopic (exact) mass is 214 g/mol. The smallest absolute Gasteiger partial charge is 0.0446 e. The van der Waals surface area contributed by atoms with E-state index in [1.54, 1.807) is 0 Å². The highest BCUT2D eigenvalue weighted by molar-refractivity contribution is 4.93. The molecular weight excluding hydrogens is 188 g/mol. The Hall–Kier alpha value is -0.120. The molecule has 15 heavy (non-hydrogen) atoms. The van der Waals surface area contributed by atoms with E-state index in [0.29, 0.717) is 12.1 Å². The van der Waals surface area contributed by atoms with Crippen LogP contribution in [0.5, 0.6) is 0 Å². The van der Waals surface area contributed by atoms with Gasteiger partial charge in [-0.1, -0.05) is 6.92 Å². The molecule has 1 rings (SSSR count). The van der Waals surface area contributed by atoms with Crippen LogP contribution in [0.4, 0.5) is 0 Å². The molecule has 0 saturated carbocycles. The quantitative estimate of drug-likeness (QED) is 0.738. The zero-order valence-electron chi connectivity index (χ0n) is 10.6. The summed E-state index contributed by atoms with van der Waals surface area (Å²) in [7, 11) is 0. The second-order valence-electron chi connectivity index (χ2n) is 5.42. The van der Waals surface area contributed by atoms with Crippen molar-refractivity contribution >= 4 is 0 Å². The minimum atomic E-state index is 0.168. The minimum Gasteiger partial charge on any atom is -0.396 e. The van der Waals surface area contributed by atoms with Crippen LogP contribution >= 0.6 is 0 Å². The predicted molar refractivity (Wildman–Crippen MR) is 64.0 cm³/mol. The Labute approximate surface area is 93.9 Å². The molecule has 1 saturated heterocycles. The van der Waals surface area contributed by atoms with E-state index in [-0.39, 0.29) is 12.1 Å². The molecule has 0 bridgehead atoms. The molecule has 2 atom stereocenters. The number of rotatable bonds is 4. The Balaban J connectivity index is 2.59. The van der Waals surface area contributed by atoms with Gasteiger partial charge in [0.1, 0.15) is 0 Å². The van der Waals surface area contributed by atoms with Crippen molar-refractivity contribution in [1.29, 1.82) is 0 Å². The highest BCUT2D eigenvalue weighted by Crippen LogP contribution is 2.18. The molecule has 0 spiro atoms. The fourth-order valence-electron chi connectivity index (χ4n) is 2.41. The topological polar surface area (TPSA) is 35.5 Å². The molecule has 0 radical (unpaired) electrons. The highest BCUT2D eigenvalue weighted by atomic mass is 16.3. The van der Waals surface area contributed by atoms with Crippen LogP contribution in [0.15, 0.2) is 0 Å². The van der Waals surface area contributed by atoms with Crippen molar-refractivity contribution in [2.24, 2.45) is 0 Å². The Morgan fingerprint density at radius 2 is 2.20 bits per heavy atom. The molecule has 1 heterocycles. The van der Waals surface area contributed by atoms with Crippen LogP contribution < -0.4 is 5.32 Å². The lowest BCUT2D eigenvalue weighted by molar-refractivity contribution is 0.0736. The lowest BCUT2D eigenvalue weighted by Crippen LogP contribution is -2.63. The van der Waals surface area contributed by atoms with Crippen LogP contribution in [0.2, 0.25) is 0 Å². The number of piperazine rings is 1. The lowest BCUT2D eigenvalue weighted by atomic mass is 9.95. The van der Waals surface area contributed by atoms with Gasteiger partial charge >= 0.3 is 0 Å². The third kappa shape index (κ3) is 3.74. The van der Waals surface area contributed by atoms with Crippen LogP contribution in [-0.2, 0) is 0 Å². The van der Waals surface area contributed by atoms with Crippen LogP contribution in [0.1, 0.15) is 40.5 Å². The van der Waals surface area contributed by atoms with Gasteiger partial charge in [-0.05, 0) is 33.6 Å². The maximum atomic E-state index is 9.01. The fraction of sp³-hybridized carbons (Fsp3) is 1.00. The molecule has 0 amide bonds. The summed E-state index contributed by atoms with van der Waals surface area (Å²) >= 11 is 0. The van der Waals surface area contributed by atoms with Gasteiger partial charge in [0.15, 0.2) is 0 Å². The summed E-state index contributed by atoms with van der Waals surface area (Å²) in [5.74, 6) is 0. The van der Waals surface area contributed by atoms with Gasteiger partial charge in [0.05, 0.1) is 0 Å². The molecule has 3 heteroatoms. The van der Waals surface area contributed by atoms with Crippen molar-refractivity contribution < 1.29 is 5.11 Å². The van der Waals surface area contributed by atoms with Crippen LogP contribution in [-0.4, -0.2) is 47.3 Å². The Kier molecular flexibility index (Phi) is 4.56. The third-order valence-corrected chi connectivity index (χ3v) is 3.34. The van der Waals surface area contributed by atoms with E-state index in [1.807, 2.05) is 0 Å². The van der Waals surface area contributed by atoms with Crippen molar-refractivity contribution in [2.45, 2.75) is 58.2 Å². The molecule has 2 unspecified atom stereocenters. The van der Waals surface area contributed by atoms with Crippen LogP contribution in [0.3, 0.4) is 0 Å². The molecular formula is C12H26N2O. The first-order valence-corrected chi connectivity index (χ1v) is 6.11. The summed E-state index contributed by atoms with van der Waals surface area (Å²) in [5, 5.41) is 12.6. The first-order chi connectivity index (χ1) is 6.98. The summed E-state index contributed by atoms with van der Waals surface area (Å²) < 4.78 is 0. The molecule has 3 nitrogen and oxygen atoms in total. The largest absolute Gasteiger partial charge is 0.396 e. The number of aliphatic hydroxyl groups is 1. The van der Waals surface area contributed by atoms with Crippen LogP contribution in [0, 0.1) is 0 Å². The standard InChI is InChI=1S/C12H26N2O/c1-5-10(2)14-8-11(6-7-15)13-12(3,4)9-14/h10-11,13,15H,5-9H2,1-4H3.